The summed E-state index contributed by atoms with van der Waals surface area (Å²) in [6, 6.07) is 2.38. The second kappa shape index (κ2) is 8.81. The molecule has 0 bridgehead atoms. The third kappa shape index (κ3) is 4.32. The Morgan fingerprint density at radius 2 is 2.31 bits per heavy atom. The van der Waals surface area contributed by atoms with Gasteiger partial charge in [-0.2, -0.15) is 0 Å². The molecule has 2 aliphatic rings. The fourth-order valence-corrected chi connectivity index (χ4v) is 4.24. The Hall–Kier alpha value is -1.96. The number of aryl methyl sites for hydroxylation is 2. The predicted octanol–water partition coefficient (Wildman–Crippen LogP) is 2.42. The quantitative estimate of drug-likeness (QED) is 0.690. The van der Waals surface area contributed by atoms with Crippen molar-refractivity contribution in [1.29, 1.82) is 0 Å². The largest absolute Gasteiger partial charge is 0.385 e. The molecule has 2 aromatic rings. The highest BCUT2D eigenvalue weighted by Gasteiger charge is 2.40. The lowest BCUT2D eigenvalue weighted by atomic mass is 10.1. The van der Waals surface area contributed by atoms with E-state index in [-0.39, 0.29) is 11.9 Å². The average molecular weight is 401 g/mol. The molecule has 0 unspecified atom stereocenters. The average Bonchev–Trinajstić information content (AvgIpc) is 3.53. The lowest BCUT2D eigenvalue weighted by molar-refractivity contribution is -0.148. The van der Waals surface area contributed by atoms with Crippen molar-refractivity contribution in [3.63, 3.8) is 0 Å². The van der Waals surface area contributed by atoms with Crippen LogP contribution in [-0.2, 0) is 20.8 Å². The molecule has 1 aliphatic heterocycles. The summed E-state index contributed by atoms with van der Waals surface area (Å²) in [5, 5.41) is 4.43. The number of carbonyl (C=O) groups is 1. The van der Waals surface area contributed by atoms with Gasteiger partial charge in [-0.1, -0.05) is 0 Å². The smallest absolute Gasteiger partial charge is 0.253 e. The van der Waals surface area contributed by atoms with Crippen LogP contribution in [0.5, 0.6) is 0 Å². The van der Waals surface area contributed by atoms with Gasteiger partial charge in [0.15, 0.2) is 0 Å². The first-order valence-electron chi connectivity index (χ1n) is 10.7. The van der Waals surface area contributed by atoms with Crippen LogP contribution in [0.1, 0.15) is 43.5 Å². The Balaban J connectivity index is 1.59. The van der Waals surface area contributed by atoms with Crippen molar-refractivity contribution >= 4 is 16.8 Å². The molecule has 1 saturated heterocycles. The number of fused-ring (bicyclic) bond motifs is 1. The van der Waals surface area contributed by atoms with Crippen molar-refractivity contribution in [1.82, 2.24) is 19.8 Å². The fourth-order valence-electron chi connectivity index (χ4n) is 4.24. The Morgan fingerprint density at radius 1 is 1.48 bits per heavy atom. The molecule has 1 aliphatic carbocycles. The third-order valence-electron chi connectivity index (χ3n) is 5.98. The molecular weight excluding hydrogens is 368 g/mol. The molecule has 2 fully saturated rings. The minimum absolute atomic E-state index is 0.0763. The summed E-state index contributed by atoms with van der Waals surface area (Å²) in [7, 11) is 1.73. The second-order valence-corrected chi connectivity index (χ2v) is 8.19. The highest BCUT2D eigenvalue weighted by molar-refractivity contribution is 5.84. The van der Waals surface area contributed by atoms with Crippen LogP contribution in [0.4, 0.5) is 0 Å². The number of hydrogen-bond acceptors (Lipinski definition) is 5. The lowest BCUT2D eigenvalue weighted by Gasteiger charge is -2.34. The molecule has 1 N–H and O–H groups in total. The highest BCUT2D eigenvalue weighted by Crippen LogP contribution is 2.35. The number of rotatable bonds is 8. The van der Waals surface area contributed by atoms with Crippen LogP contribution < -0.4 is 5.32 Å². The molecule has 29 heavy (non-hydrogen) atoms. The molecular formula is C22H32N4O3. The van der Waals surface area contributed by atoms with Gasteiger partial charge >= 0.3 is 0 Å². The normalized spacial score (nSPS) is 20.7. The zero-order chi connectivity index (χ0) is 20.4. The third-order valence-corrected chi connectivity index (χ3v) is 5.98. The van der Waals surface area contributed by atoms with E-state index in [1.807, 2.05) is 11.1 Å². The zero-order valence-corrected chi connectivity index (χ0v) is 17.7. The number of amides is 1. The standard InChI is InChI=1S/C22H32N4O3/c1-15-14-25(8-4-9-28-3)20-11-19(24-12-18(15)20)16(2)26(17-5-6-17)22(27)21-13-23-7-10-29-21/h11-12,14,16-17,21,23H,4-10,13H2,1-3H3/t16-,21-/m1/s1. The Labute approximate surface area is 172 Å². The lowest BCUT2D eigenvalue weighted by Crippen LogP contribution is -2.50. The monoisotopic (exact) mass is 400 g/mol. The van der Waals surface area contributed by atoms with Gasteiger partial charge in [0, 0.05) is 57.2 Å². The number of methoxy groups -OCH3 is 1. The maximum Gasteiger partial charge on any atom is 0.253 e. The first-order valence-corrected chi connectivity index (χ1v) is 10.7. The van der Waals surface area contributed by atoms with E-state index >= 15 is 0 Å². The summed E-state index contributed by atoms with van der Waals surface area (Å²) >= 11 is 0. The minimum Gasteiger partial charge on any atom is -0.385 e. The topological polar surface area (TPSA) is 68.6 Å². The molecule has 2 aromatic heterocycles. The summed E-state index contributed by atoms with van der Waals surface area (Å²) in [5.41, 5.74) is 3.34. The minimum atomic E-state index is -0.393. The SMILES string of the molecule is COCCCn1cc(C)c2cnc([C@@H](C)N(C(=O)[C@H]3CNCCO3)C3CC3)cc21. The molecule has 3 heterocycles. The van der Waals surface area contributed by atoms with E-state index in [9.17, 15) is 4.79 Å². The summed E-state index contributed by atoms with van der Waals surface area (Å²) < 4.78 is 13.2. The van der Waals surface area contributed by atoms with Crippen LogP contribution in [-0.4, -0.2) is 65.9 Å². The van der Waals surface area contributed by atoms with Gasteiger partial charge in [-0.05, 0) is 44.7 Å². The Bertz CT molecular complexity index is 855. The fraction of sp³-hybridized carbons (Fsp3) is 0.636. The van der Waals surface area contributed by atoms with Crippen molar-refractivity contribution in [2.24, 2.45) is 0 Å². The molecule has 2 atom stereocenters. The summed E-state index contributed by atoms with van der Waals surface area (Å²) in [5.74, 6) is 0.0840. The first-order chi connectivity index (χ1) is 14.1. The van der Waals surface area contributed by atoms with E-state index in [1.165, 1.54) is 16.5 Å². The van der Waals surface area contributed by atoms with Gasteiger partial charge in [0.1, 0.15) is 6.10 Å². The molecule has 0 spiro atoms. The van der Waals surface area contributed by atoms with Gasteiger partial charge in [0.25, 0.3) is 5.91 Å². The van der Waals surface area contributed by atoms with Gasteiger partial charge in [0.2, 0.25) is 0 Å². The number of morpholine rings is 1. The van der Waals surface area contributed by atoms with Crippen LogP contribution in [0.2, 0.25) is 0 Å². The van der Waals surface area contributed by atoms with Crippen molar-refractivity contribution in [3.8, 4) is 0 Å². The van der Waals surface area contributed by atoms with E-state index in [2.05, 4.69) is 36.0 Å². The molecule has 7 nitrogen and oxygen atoms in total. The van der Waals surface area contributed by atoms with Crippen LogP contribution in [0.3, 0.4) is 0 Å². The molecule has 0 radical (unpaired) electrons. The van der Waals surface area contributed by atoms with E-state index in [4.69, 9.17) is 14.5 Å². The predicted molar refractivity (Wildman–Crippen MR) is 112 cm³/mol. The van der Waals surface area contributed by atoms with Crippen molar-refractivity contribution in [2.75, 3.05) is 33.4 Å². The maximum absolute atomic E-state index is 13.2. The van der Waals surface area contributed by atoms with Gasteiger partial charge < -0.3 is 24.3 Å². The second-order valence-electron chi connectivity index (χ2n) is 8.19. The van der Waals surface area contributed by atoms with Gasteiger partial charge in [-0.3, -0.25) is 9.78 Å². The van der Waals surface area contributed by atoms with Crippen LogP contribution >= 0.6 is 0 Å². The Morgan fingerprint density at radius 3 is 3.00 bits per heavy atom. The molecule has 0 aromatic carbocycles. The number of hydrogen-bond donors (Lipinski definition) is 1. The number of carbonyl (C=O) groups excluding carboxylic acids is 1. The molecule has 158 valence electrons. The molecule has 1 saturated carbocycles. The first kappa shape index (κ1) is 20.3. The Kier molecular flexibility index (Phi) is 6.18. The number of pyridine rings is 1. The van der Waals surface area contributed by atoms with Crippen molar-refractivity contribution in [3.05, 3.63) is 29.7 Å². The van der Waals surface area contributed by atoms with Crippen molar-refractivity contribution < 1.29 is 14.3 Å². The van der Waals surface area contributed by atoms with E-state index in [0.29, 0.717) is 19.2 Å². The number of nitrogens with one attached hydrogen (secondary N) is 1. The maximum atomic E-state index is 13.2. The highest BCUT2D eigenvalue weighted by atomic mass is 16.5. The van der Waals surface area contributed by atoms with Gasteiger partial charge in [0.05, 0.1) is 23.9 Å². The van der Waals surface area contributed by atoms with Crippen molar-refractivity contribution in [2.45, 2.75) is 57.8 Å². The van der Waals surface area contributed by atoms with E-state index in [0.717, 1.165) is 44.7 Å². The van der Waals surface area contributed by atoms with Crippen LogP contribution in [0.25, 0.3) is 10.9 Å². The summed E-state index contributed by atoms with van der Waals surface area (Å²) in [6.07, 6.45) is 6.83. The van der Waals surface area contributed by atoms with Crippen LogP contribution in [0, 0.1) is 6.92 Å². The van der Waals surface area contributed by atoms with Crippen LogP contribution in [0.15, 0.2) is 18.5 Å². The van der Waals surface area contributed by atoms with E-state index in [1.54, 1.807) is 7.11 Å². The number of ether oxygens (including phenoxy) is 2. The molecule has 4 rings (SSSR count). The zero-order valence-electron chi connectivity index (χ0n) is 17.7. The number of aromatic nitrogens is 2. The summed E-state index contributed by atoms with van der Waals surface area (Å²) in [6.45, 7) is 7.83. The van der Waals surface area contributed by atoms with E-state index < -0.39 is 6.10 Å². The molecule has 1 amide bonds. The van der Waals surface area contributed by atoms with Gasteiger partial charge in [-0.15, -0.1) is 0 Å². The van der Waals surface area contributed by atoms with Gasteiger partial charge in [-0.25, -0.2) is 0 Å². The number of nitrogens with zero attached hydrogens (tertiary/aromatic N) is 3. The summed E-state index contributed by atoms with van der Waals surface area (Å²) in [4.78, 5) is 20.0. The molecule has 7 heteroatoms.